The number of piperazine rings is 1. The van der Waals surface area contributed by atoms with Crippen LogP contribution in [-0.2, 0) is 25.6 Å². The maximum Gasteiger partial charge on any atom is 0.328 e. The lowest BCUT2D eigenvalue weighted by atomic mass is 10.0. The lowest BCUT2D eigenvalue weighted by Crippen LogP contribution is -2.46. The summed E-state index contributed by atoms with van der Waals surface area (Å²) < 4.78 is 10.8. The Balaban J connectivity index is 0.000000521. The van der Waals surface area contributed by atoms with Crippen LogP contribution in [0.4, 0.5) is 0 Å². The van der Waals surface area contributed by atoms with Gasteiger partial charge in [-0.25, -0.2) is 9.59 Å². The summed E-state index contributed by atoms with van der Waals surface area (Å²) >= 11 is 5.97. The van der Waals surface area contributed by atoms with Gasteiger partial charge in [-0.2, -0.15) is 0 Å². The molecule has 9 nitrogen and oxygen atoms in total. The molecule has 202 valence electrons. The van der Waals surface area contributed by atoms with E-state index in [4.69, 9.17) is 36.4 Å². The number of aliphatic hydroxyl groups excluding tert-OH is 1. The lowest BCUT2D eigenvalue weighted by molar-refractivity contribution is -0.134. The average Bonchev–Trinajstić information content (AvgIpc) is 2.89. The Morgan fingerprint density at radius 3 is 1.76 bits per heavy atom. The summed E-state index contributed by atoms with van der Waals surface area (Å²) in [5.74, 6) is -2.51. The van der Waals surface area contributed by atoms with E-state index < -0.39 is 11.9 Å². The summed E-state index contributed by atoms with van der Waals surface area (Å²) in [5.41, 5.74) is 3.76. The molecule has 2 aromatic rings. The monoisotopic (exact) mass is 534 g/mol. The highest BCUT2D eigenvalue weighted by atomic mass is 35.5. The molecule has 0 saturated carbocycles. The van der Waals surface area contributed by atoms with Crippen molar-refractivity contribution in [1.29, 1.82) is 0 Å². The number of benzene rings is 2. The quantitative estimate of drug-likeness (QED) is 0.263. The minimum absolute atomic E-state index is 0.0662. The van der Waals surface area contributed by atoms with Crippen LogP contribution in [0, 0.1) is 0 Å². The third-order valence-electron chi connectivity index (χ3n) is 5.53. The van der Waals surface area contributed by atoms with E-state index in [1.807, 2.05) is 12.1 Å². The van der Waals surface area contributed by atoms with E-state index in [0.717, 1.165) is 50.9 Å². The molecule has 0 radical (unpaired) electrons. The molecule has 0 spiro atoms. The Hall–Kier alpha value is -2.79. The molecule has 3 N–H and O–H groups in total. The van der Waals surface area contributed by atoms with Crippen molar-refractivity contribution in [2.24, 2.45) is 0 Å². The first-order chi connectivity index (χ1) is 17.9. The smallest absolute Gasteiger partial charge is 0.328 e. The largest absolute Gasteiger partial charge is 0.478 e. The predicted octanol–water partition coefficient (Wildman–Crippen LogP) is 2.86. The molecule has 0 aliphatic carbocycles. The number of carboxylic acid groups (broad SMARTS) is 2. The third-order valence-corrected chi connectivity index (χ3v) is 5.78. The number of ether oxygens (including phenoxy) is 2. The highest BCUT2D eigenvalue weighted by molar-refractivity contribution is 6.30. The minimum atomic E-state index is -1.26. The first-order valence-electron chi connectivity index (χ1n) is 12.1. The molecular formula is C27H35ClN2O7. The molecule has 10 heteroatoms. The van der Waals surface area contributed by atoms with E-state index in [1.54, 1.807) is 0 Å². The molecule has 1 fully saturated rings. The van der Waals surface area contributed by atoms with Gasteiger partial charge >= 0.3 is 11.9 Å². The second-order valence-electron chi connectivity index (χ2n) is 8.28. The van der Waals surface area contributed by atoms with Crippen molar-refractivity contribution in [2.45, 2.75) is 6.54 Å². The first-order valence-corrected chi connectivity index (χ1v) is 12.4. The van der Waals surface area contributed by atoms with Gasteiger partial charge in [0.1, 0.15) is 0 Å². The average molecular weight is 535 g/mol. The number of aliphatic carboxylic acids is 2. The lowest BCUT2D eigenvalue weighted by Gasteiger charge is -2.34. The van der Waals surface area contributed by atoms with Crippen molar-refractivity contribution in [3.8, 4) is 11.1 Å². The van der Waals surface area contributed by atoms with Crippen molar-refractivity contribution < 1.29 is 34.4 Å². The molecule has 3 rings (SSSR count). The normalized spacial score (nSPS) is 14.3. The summed E-state index contributed by atoms with van der Waals surface area (Å²) in [7, 11) is 0. The Labute approximate surface area is 222 Å². The molecule has 1 heterocycles. The second-order valence-corrected chi connectivity index (χ2v) is 8.72. The fourth-order valence-electron chi connectivity index (χ4n) is 3.60. The van der Waals surface area contributed by atoms with Crippen LogP contribution >= 0.6 is 11.6 Å². The van der Waals surface area contributed by atoms with Crippen molar-refractivity contribution in [3.05, 3.63) is 71.3 Å². The summed E-state index contributed by atoms with van der Waals surface area (Å²) in [6, 6.07) is 16.8. The molecule has 1 aliphatic heterocycles. The molecule has 0 atom stereocenters. The van der Waals surface area contributed by atoms with Gasteiger partial charge in [-0.05, 0) is 28.8 Å². The maximum absolute atomic E-state index is 9.55. The van der Waals surface area contributed by atoms with Gasteiger partial charge in [0.15, 0.2) is 0 Å². The topological polar surface area (TPSA) is 120 Å². The molecular weight excluding hydrogens is 500 g/mol. The van der Waals surface area contributed by atoms with Crippen LogP contribution in [0.1, 0.15) is 5.56 Å². The van der Waals surface area contributed by atoms with E-state index in [-0.39, 0.29) is 6.61 Å². The molecule has 0 amide bonds. The SMILES string of the molecule is O=C(O)C=CC(=O)O.OCCOCCOCCN1CCN(Cc2ccc(-c3ccc(Cl)cc3)cc2)CC1. The van der Waals surface area contributed by atoms with Gasteiger partial charge in [0, 0.05) is 56.4 Å². The summed E-state index contributed by atoms with van der Waals surface area (Å²) in [5, 5.41) is 25.0. The number of hydrogen-bond acceptors (Lipinski definition) is 7. The van der Waals surface area contributed by atoms with Gasteiger partial charge in [-0.15, -0.1) is 0 Å². The standard InChI is InChI=1S/C23H31ClN2O3.C4H4O4/c24-23-7-5-22(6-8-23)21-3-1-20(2-4-21)19-26-11-9-25(10-12-26)13-15-28-17-18-29-16-14-27;5-3(6)1-2-4(7)8/h1-8,27H,9-19H2;1-2H,(H,5,6)(H,7,8). The fourth-order valence-corrected chi connectivity index (χ4v) is 3.72. The highest BCUT2D eigenvalue weighted by Gasteiger charge is 2.16. The van der Waals surface area contributed by atoms with E-state index in [1.165, 1.54) is 16.7 Å². The molecule has 2 aromatic carbocycles. The van der Waals surface area contributed by atoms with Crippen molar-refractivity contribution in [1.82, 2.24) is 9.80 Å². The summed E-state index contributed by atoms with van der Waals surface area (Å²) in [6.45, 7) is 8.59. The molecule has 0 bridgehead atoms. The second kappa shape index (κ2) is 17.6. The van der Waals surface area contributed by atoms with Crippen molar-refractivity contribution in [3.63, 3.8) is 0 Å². The molecule has 0 aromatic heterocycles. The van der Waals surface area contributed by atoms with Crippen LogP contribution in [0.3, 0.4) is 0 Å². The van der Waals surface area contributed by atoms with Gasteiger partial charge < -0.3 is 24.8 Å². The number of hydrogen-bond donors (Lipinski definition) is 3. The van der Waals surface area contributed by atoms with Gasteiger partial charge in [-0.1, -0.05) is 48.0 Å². The number of carbonyl (C=O) groups is 2. The molecule has 37 heavy (non-hydrogen) atoms. The van der Waals surface area contributed by atoms with E-state index in [0.29, 0.717) is 32.0 Å². The zero-order chi connectivity index (χ0) is 26.9. The van der Waals surface area contributed by atoms with Crippen LogP contribution in [0.25, 0.3) is 11.1 Å². The van der Waals surface area contributed by atoms with Crippen LogP contribution in [0.2, 0.25) is 5.02 Å². The van der Waals surface area contributed by atoms with Crippen LogP contribution in [-0.4, -0.2) is 103 Å². The predicted molar refractivity (Wildman–Crippen MR) is 142 cm³/mol. The minimum Gasteiger partial charge on any atom is -0.478 e. The number of aliphatic hydroxyl groups is 1. The van der Waals surface area contributed by atoms with Gasteiger partial charge in [-0.3, -0.25) is 9.80 Å². The van der Waals surface area contributed by atoms with Crippen molar-refractivity contribution in [2.75, 3.05) is 65.8 Å². The maximum atomic E-state index is 9.55. The Morgan fingerprint density at radius 2 is 1.24 bits per heavy atom. The number of halogens is 1. The summed E-state index contributed by atoms with van der Waals surface area (Å²) in [4.78, 5) is 24.1. The first kappa shape index (κ1) is 30.4. The Kier molecular flexibility index (Phi) is 14.5. The number of carboxylic acids is 2. The number of rotatable bonds is 13. The Bertz CT molecular complexity index is 944. The zero-order valence-corrected chi connectivity index (χ0v) is 21.6. The van der Waals surface area contributed by atoms with Gasteiger partial charge in [0.25, 0.3) is 0 Å². The molecule has 1 saturated heterocycles. The van der Waals surface area contributed by atoms with Crippen LogP contribution < -0.4 is 0 Å². The van der Waals surface area contributed by atoms with E-state index in [9.17, 15) is 9.59 Å². The van der Waals surface area contributed by atoms with E-state index in [2.05, 4.69) is 46.2 Å². The molecule has 0 unspecified atom stereocenters. The van der Waals surface area contributed by atoms with E-state index >= 15 is 0 Å². The van der Waals surface area contributed by atoms with Crippen LogP contribution in [0.15, 0.2) is 60.7 Å². The van der Waals surface area contributed by atoms with Crippen molar-refractivity contribution >= 4 is 23.5 Å². The third kappa shape index (κ3) is 13.4. The van der Waals surface area contributed by atoms with Gasteiger partial charge in [0.2, 0.25) is 0 Å². The highest BCUT2D eigenvalue weighted by Crippen LogP contribution is 2.22. The summed E-state index contributed by atoms with van der Waals surface area (Å²) in [6.07, 6.45) is 1.12. The Morgan fingerprint density at radius 1 is 0.757 bits per heavy atom. The van der Waals surface area contributed by atoms with Crippen LogP contribution in [0.5, 0.6) is 0 Å². The molecule has 1 aliphatic rings. The van der Waals surface area contributed by atoms with Gasteiger partial charge in [0.05, 0.1) is 33.0 Å². The fraction of sp³-hybridized carbons (Fsp3) is 0.407. The number of nitrogens with zero attached hydrogens (tertiary/aromatic N) is 2. The zero-order valence-electron chi connectivity index (χ0n) is 20.8.